The van der Waals surface area contributed by atoms with Gasteiger partial charge in [-0.1, -0.05) is 0 Å². The topological polar surface area (TPSA) is 35.2 Å². The Bertz CT molecular complexity index is 65.4. The fourth-order valence-electron chi connectivity index (χ4n) is 0.450. The normalized spacial score (nSPS) is 12.4. The van der Waals surface area contributed by atoms with Gasteiger partial charge in [-0.15, -0.1) is 0 Å². The standard InChI is InChI=1S/C5H15NOSi/c1-5(2,7-8)3-4-6/h3-4,6H2,1-2,8H3. The SMILES string of the molecule is CC(C)(CCN)O[SiH3]. The third kappa shape index (κ3) is 3.18. The second kappa shape index (κ2) is 3.22. The smallest absolute Gasteiger partial charge is 0.146 e. The first-order chi connectivity index (χ1) is 3.62. The predicted molar refractivity (Wildman–Crippen MR) is 38.8 cm³/mol. The van der Waals surface area contributed by atoms with Crippen LogP contribution >= 0.6 is 0 Å². The summed E-state index contributed by atoms with van der Waals surface area (Å²) in [5, 5.41) is 0. The first-order valence-corrected chi connectivity index (χ1v) is 3.69. The maximum absolute atomic E-state index is 5.33. The zero-order valence-corrected chi connectivity index (χ0v) is 7.90. The van der Waals surface area contributed by atoms with Crippen molar-refractivity contribution in [3.8, 4) is 0 Å². The van der Waals surface area contributed by atoms with Crippen LogP contribution in [-0.4, -0.2) is 22.6 Å². The molecule has 2 nitrogen and oxygen atoms in total. The van der Waals surface area contributed by atoms with Crippen LogP contribution in [0.5, 0.6) is 0 Å². The molecule has 0 aliphatic carbocycles. The zero-order valence-electron chi connectivity index (χ0n) is 5.90. The van der Waals surface area contributed by atoms with Gasteiger partial charge >= 0.3 is 0 Å². The van der Waals surface area contributed by atoms with Gasteiger partial charge in [-0.3, -0.25) is 0 Å². The first-order valence-electron chi connectivity index (χ1n) is 2.87. The van der Waals surface area contributed by atoms with Crippen LogP contribution in [0.3, 0.4) is 0 Å². The van der Waals surface area contributed by atoms with Crippen LogP contribution in [0, 0.1) is 0 Å². The highest BCUT2D eigenvalue weighted by molar-refractivity contribution is 5.98. The Kier molecular flexibility index (Phi) is 3.27. The van der Waals surface area contributed by atoms with E-state index in [1.54, 1.807) is 0 Å². The summed E-state index contributed by atoms with van der Waals surface area (Å²) in [4.78, 5) is 0. The molecule has 0 aromatic carbocycles. The molecule has 0 rings (SSSR count). The number of rotatable bonds is 3. The van der Waals surface area contributed by atoms with Crippen LogP contribution in [0.2, 0.25) is 0 Å². The van der Waals surface area contributed by atoms with Gasteiger partial charge in [0.2, 0.25) is 0 Å². The van der Waals surface area contributed by atoms with E-state index in [1.807, 2.05) is 0 Å². The molecule has 0 amide bonds. The van der Waals surface area contributed by atoms with Crippen molar-refractivity contribution < 1.29 is 4.43 Å². The summed E-state index contributed by atoms with van der Waals surface area (Å²) in [6.45, 7) is 4.84. The van der Waals surface area contributed by atoms with Crippen molar-refractivity contribution in [3.05, 3.63) is 0 Å². The Labute approximate surface area is 53.9 Å². The van der Waals surface area contributed by atoms with E-state index in [0.717, 1.165) is 23.5 Å². The first kappa shape index (κ1) is 8.14. The minimum absolute atomic E-state index is 0.0287. The highest BCUT2D eigenvalue weighted by Gasteiger charge is 2.12. The van der Waals surface area contributed by atoms with Crippen LogP contribution < -0.4 is 5.73 Å². The van der Waals surface area contributed by atoms with Crippen molar-refractivity contribution >= 4 is 10.5 Å². The second-order valence-corrected chi connectivity index (χ2v) is 2.91. The molecule has 0 saturated carbocycles. The Balaban J connectivity index is 3.37. The molecule has 0 spiro atoms. The summed E-state index contributed by atoms with van der Waals surface area (Å²) < 4.78 is 5.24. The van der Waals surface area contributed by atoms with Gasteiger partial charge in [-0.2, -0.15) is 0 Å². The van der Waals surface area contributed by atoms with E-state index in [2.05, 4.69) is 13.8 Å². The van der Waals surface area contributed by atoms with Gasteiger partial charge in [-0.05, 0) is 26.8 Å². The van der Waals surface area contributed by atoms with Gasteiger partial charge in [0.25, 0.3) is 0 Å². The van der Waals surface area contributed by atoms with E-state index in [9.17, 15) is 0 Å². The summed E-state index contributed by atoms with van der Waals surface area (Å²) >= 11 is 0. The molecule has 0 aliphatic rings. The number of hydrogen-bond acceptors (Lipinski definition) is 2. The van der Waals surface area contributed by atoms with Crippen molar-refractivity contribution in [1.82, 2.24) is 0 Å². The number of hydrogen-bond donors (Lipinski definition) is 1. The molecule has 0 fully saturated rings. The lowest BCUT2D eigenvalue weighted by atomic mass is 10.1. The summed E-state index contributed by atoms with van der Waals surface area (Å²) in [6.07, 6.45) is 0.955. The van der Waals surface area contributed by atoms with Crippen LogP contribution in [-0.2, 0) is 4.43 Å². The average Bonchev–Trinajstić information content (AvgIpc) is 1.67. The van der Waals surface area contributed by atoms with E-state index in [1.165, 1.54) is 0 Å². The molecule has 0 radical (unpaired) electrons. The Hall–Kier alpha value is 0.137. The van der Waals surface area contributed by atoms with Crippen LogP contribution in [0.4, 0.5) is 0 Å². The van der Waals surface area contributed by atoms with Crippen molar-refractivity contribution in [2.24, 2.45) is 5.73 Å². The lowest BCUT2D eigenvalue weighted by Gasteiger charge is -2.22. The summed E-state index contributed by atoms with van der Waals surface area (Å²) in [7, 11) is 0.806. The highest BCUT2D eigenvalue weighted by atomic mass is 28.2. The van der Waals surface area contributed by atoms with Gasteiger partial charge in [0.05, 0.1) is 5.60 Å². The third-order valence-corrected chi connectivity index (χ3v) is 2.40. The van der Waals surface area contributed by atoms with E-state index in [0.29, 0.717) is 0 Å². The maximum Gasteiger partial charge on any atom is 0.146 e. The van der Waals surface area contributed by atoms with E-state index >= 15 is 0 Å². The van der Waals surface area contributed by atoms with Gasteiger partial charge in [-0.25, -0.2) is 0 Å². The molecular formula is C5H15NOSi. The molecule has 0 aromatic heterocycles. The lowest BCUT2D eigenvalue weighted by molar-refractivity contribution is 0.116. The molecular weight excluding hydrogens is 118 g/mol. The van der Waals surface area contributed by atoms with Crippen molar-refractivity contribution in [2.75, 3.05) is 6.54 Å². The summed E-state index contributed by atoms with van der Waals surface area (Å²) in [5.74, 6) is 0. The van der Waals surface area contributed by atoms with Crippen molar-refractivity contribution in [1.29, 1.82) is 0 Å². The average molecular weight is 133 g/mol. The lowest BCUT2D eigenvalue weighted by Crippen LogP contribution is -2.26. The minimum atomic E-state index is 0.0287. The monoisotopic (exact) mass is 133 g/mol. The molecule has 0 heterocycles. The van der Waals surface area contributed by atoms with Crippen LogP contribution in [0.15, 0.2) is 0 Å². The molecule has 0 bridgehead atoms. The third-order valence-electron chi connectivity index (χ3n) is 1.30. The minimum Gasteiger partial charge on any atom is -0.423 e. The number of nitrogens with two attached hydrogens (primary N) is 1. The molecule has 2 N–H and O–H groups in total. The van der Waals surface area contributed by atoms with E-state index in [-0.39, 0.29) is 5.60 Å². The molecule has 0 unspecified atom stereocenters. The quantitative estimate of drug-likeness (QED) is 0.522. The van der Waals surface area contributed by atoms with Gasteiger partial charge < -0.3 is 10.2 Å². The van der Waals surface area contributed by atoms with E-state index in [4.69, 9.17) is 10.2 Å². The Morgan fingerprint density at radius 3 is 2.25 bits per heavy atom. The van der Waals surface area contributed by atoms with Gasteiger partial charge in [0.1, 0.15) is 10.5 Å². The zero-order chi connectivity index (χ0) is 6.62. The predicted octanol–water partition coefficient (Wildman–Crippen LogP) is -0.589. The molecule has 0 aromatic rings. The largest absolute Gasteiger partial charge is 0.423 e. The van der Waals surface area contributed by atoms with Crippen molar-refractivity contribution in [3.63, 3.8) is 0 Å². The van der Waals surface area contributed by atoms with Gasteiger partial charge in [0.15, 0.2) is 0 Å². The van der Waals surface area contributed by atoms with E-state index < -0.39 is 0 Å². The maximum atomic E-state index is 5.33. The fourth-order valence-corrected chi connectivity index (χ4v) is 0.654. The van der Waals surface area contributed by atoms with Crippen molar-refractivity contribution in [2.45, 2.75) is 25.9 Å². The second-order valence-electron chi connectivity index (χ2n) is 2.50. The Morgan fingerprint density at radius 2 is 2.12 bits per heavy atom. The van der Waals surface area contributed by atoms with Crippen LogP contribution in [0.25, 0.3) is 0 Å². The fraction of sp³-hybridized carbons (Fsp3) is 1.00. The molecule has 50 valence electrons. The van der Waals surface area contributed by atoms with Crippen LogP contribution in [0.1, 0.15) is 20.3 Å². The Morgan fingerprint density at radius 1 is 1.62 bits per heavy atom. The highest BCUT2D eigenvalue weighted by Crippen LogP contribution is 2.09. The molecule has 3 heteroatoms. The van der Waals surface area contributed by atoms with Gasteiger partial charge in [0, 0.05) is 0 Å². The molecule has 0 saturated heterocycles. The summed E-state index contributed by atoms with van der Waals surface area (Å²) in [6, 6.07) is 0. The molecule has 8 heavy (non-hydrogen) atoms. The molecule has 0 aliphatic heterocycles. The molecule has 0 atom stereocenters. The summed E-state index contributed by atoms with van der Waals surface area (Å²) in [5.41, 5.74) is 5.35.